The highest BCUT2D eigenvalue weighted by atomic mass is 32.2. The van der Waals surface area contributed by atoms with Gasteiger partial charge in [-0.2, -0.15) is 0 Å². The Hall–Kier alpha value is -1.86. The zero-order valence-electron chi connectivity index (χ0n) is 16.9. The van der Waals surface area contributed by atoms with Crippen molar-refractivity contribution in [1.29, 1.82) is 0 Å². The molecule has 1 aromatic heterocycles. The molecule has 7 heteroatoms. The summed E-state index contributed by atoms with van der Waals surface area (Å²) in [4.78, 5) is 30.4. The van der Waals surface area contributed by atoms with Crippen LogP contribution in [0.3, 0.4) is 0 Å². The molecular formula is C22H29N3O3S. The van der Waals surface area contributed by atoms with Crippen LogP contribution in [0.5, 0.6) is 0 Å². The molecule has 156 valence electrons. The second-order valence-corrected chi connectivity index (χ2v) is 9.13. The minimum absolute atomic E-state index is 0.0137. The fourth-order valence-corrected chi connectivity index (χ4v) is 5.14. The molecule has 1 N–H and O–H groups in total. The Kier molecular flexibility index (Phi) is 6.55. The van der Waals surface area contributed by atoms with E-state index in [9.17, 15) is 9.59 Å². The smallest absolute Gasteiger partial charge is 0.262 e. The summed E-state index contributed by atoms with van der Waals surface area (Å²) in [5.41, 5.74) is 0.611. The van der Waals surface area contributed by atoms with E-state index in [1.165, 1.54) is 31.0 Å². The topological polar surface area (TPSA) is 73.2 Å². The molecule has 3 atom stereocenters. The van der Waals surface area contributed by atoms with Gasteiger partial charge in [-0.25, -0.2) is 4.98 Å². The monoisotopic (exact) mass is 415 g/mol. The van der Waals surface area contributed by atoms with Gasteiger partial charge >= 0.3 is 0 Å². The third kappa shape index (κ3) is 4.83. The van der Waals surface area contributed by atoms with Crippen LogP contribution in [0.15, 0.2) is 34.2 Å². The lowest BCUT2D eigenvalue weighted by Gasteiger charge is -2.29. The Labute approximate surface area is 175 Å². The fourth-order valence-electron chi connectivity index (χ4n) is 4.32. The largest absolute Gasteiger partial charge is 0.376 e. The predicted molar refractivity (Wildman–Crippen MR) is 115 cm³/mol. The summed E-state index contributed by atoms with van der Waals surface area (Å²) in [6.07, 6.45) is 6.65. The summed E-state index contributed by atoms with van der Waals surface area (Å²) in [6, 6.07) is 7.65. The van der Waals surface area contributed by atoms with Gasteiger partial charge in [0.15, 0.2) is 5.16 Å². The number of fused-ring (bicyclic) bond motifs is 1. The Balaban J connectivity index is 1.51. The molecule has 1 amide bonds. The maximum atomic E-state index is 13.1. The number of ether oxygens (including phenoxy) is 1. The van der Waals surface area contributed by atoms with E-state index in [1.807, 2.05) is 24.3 Å². The molecule has 2 fully saturated rings. The van der Waals surface area contributed by atoms with Crippen molar-refractivity contribution in [2.75, 3.05) is 12.4 Å². The molecule has 0 unspecified atom stereocenters. The van der Waals surface area contributed by atoms with Gasteiger partial charge in [-0.1, -0.05) is 43.7 Å². The minimum atomic E-state index is -0.0603. The predicted octanol–water partition coefficient (Wildman–Crippen LogP) is 3.36. The van der Waals surface area contributed by atoms with Crippen LogP contribution in [-0.4, -0.2) is 40.0 Å². The summed E-state index contributed by atoms with van der Waals surface area (Å²) >= 11 is 1.34. The summed E-state index contributed by atoms with van der Waals surface area (Å²) in [7, 11) is 0. The van der Waals surface area contributed by atoms with Gasteiger partial charge in [0.25, 0.3) is 5.56 Å². The molecule has 0 radical (unpaired) electrons. The number of thioether (sulfide) groups is 1. The summed E-state index contributed by atoms with van der Waals surface area (Å²) in [5.74, 6) is 0.800. The summed E-state index contributed by atoms with van der Waals surface area (Å²) in [6.45, 7) is 3.44. The first-order chi connectivity index (χ1) is 14.1. The standard InChI is InChI=1S/C22H29N3O3S/c1-15-7-2-4-10-18(15)23-20(26)14-29-22-24-19-11-5-3-9-17(19)21(27)25(22)13-16-8-6-12-28-16/h3,5,9,11,15-16,18H,2,4,6-8,10,12-14H2,1H3,(H,23,26)/t15-,16-,18-/m0/s1. The highest BCUT2D eigenvalue weighted by Crippen LogP contribution is 2.25. The number of hydrogen-bond donors (Lipinski definition) is 1. The van der Waals surface area contributed by atoms with Crippen LogP contribution in [0.25, 0.3) is 10.9 Å². The minimum Gasteiger partial charge on any atom is -0.376 e. The van der Waals surface area contributed by atoms with Crippen LogP contribution in [0, 0.1) is 5.92 Å². The van der Waals surface area contributed by atoms with Gasteiger partial charge in [-0.3, -0.25) is 14.2 Å². The second-order valence-electron chi connectivity index (χ2n) is 8.19. The number of nitrogens with one attached hydrogen (secondary N) is 1. The Morgan fingerprint density at radius 3 is 2.86 bits per heavy atom. The van der Waals surface area contributed by atoms with Gasteiger partial charge in [0, 0.05) is 12.6 Å². The molecule has 2 aliphatic rings. The highest BCUT2D eigenvalue weighted by molar-refractivity contribution is 7.99. The van der Waals surface area contributed by atoms with Crippen molar-refractivity contribution in [1.82, 2.24) is 14.9 Å². The Bertz CT molecular complexity index is 923. The van der Waals surface area contributed by atoms with Crippen LogP contribution in [0.2, 0.25) is 0 Å². The third-order valence-electron chi connectivity index (χ3n) is 6.03. The van der Waals surface area contributed by atoms with Crippen molar-refractivity contribution >= 4 is 28.6 Å². The number of rotatable bonds is 6. The van der Waals surface area contributed by atoms with E-state index in [1.54, 1.807) is 4.57 Å². The Morgan fingerprint density at radius 2 is 2.07 bits per heavy atom. The summed E-state index contributed by atoms with van der Waals surface area (Å²) in [5, 5.41) is 4.38. The van der Waals surface area contributed by atoms with E-state index in [4.69, 9.17) is 9.72 Å². The molecule has 2 heterocycles. The molecule has 1 saturated heterocycles. The van der Waals surface area contributed by atoms with E-state index in [0.717, 1.165) is 25.9 Å². The number of carbonyl (C=O) groups excluding carboxylic acids is 1. The second kappa shape index (κ2) is 9.30. The van der Waals surface area contributed by atoms with Crippen LogP contribution >= 0.6 is 11.8 Å². The SMILES string of the molecule is C[C@H]1CCCC[C@@H]1NC(=O)CSc1nc2ccccc2c(=O)n1C[C@@H]1CCCO1. The molecule has 0 spiro atoms. The quantitative estimate of drug-likeness (QED) is 0.578. The lowest BCUT2D eigenvalue weighted by molar-refractivity contribution is -0.119. The molecule has 1 saturated carbocycles. The van der Waals surface area contributed by atoms with E-state index in [0.29, 0.717) is 28.5 Å². The lowest BCUT2D eigenvalue weighted by Crippen LogP contribution is -2.42. The number of carbonyl (C=O) groups is 1. The number of para-hydroxylation sites is 1. The van der Waals surface area contributed by atoms with Gasteiger partial charge in [-0.15, -0.1) is 0 Å². The fraction of sp³-hybridized carbons (Fsp3) is 0.591. The molecule has 29 heavy (non-hydrogen) atoms. The van der Waals surface area contributed by atoms with Crippen molar-refractivity contribution < 1.29 is 9.53 Å². The molecule has 0 bridgehead atoms. The average Bonchev–Trinajstić information content (AvgIpc) is 3.24. The summed E-state index contributed by atoms with van der Waals surface area (Å²) < 4.78 is 7.43. The first-order valence-electron chi connectivity index (χ1n) is 10.6. The third-order valence-corrected chi connectivity index (χ3v) is 7.00. The number of nitrogens with zero attached hydrogens (tertiary/aromatic N) is 2. The first kappa shape index (κ1) is 20.4. The van der Waals surface area contributed by atoms with E-state index in [-0.39, 0.29) is 29.4 Å². The average molecular weight is 416 g/mol. The van der Waals surface area contributed by atoms with Crippen molar-refractivity contribution in [3.8, 4) is 0 Å². The van der Waals surface area contributed by atoms with Crippen LogP contribution in [-0.2, 0) is 16.1 Å². The number of amides is 1. The molecular weight excluding hydrogens is 386 g/mol. The normalized spacial score (nSPS) is 24.7. The van der Waals surface area contributed by atoms with Gasteiger partial charge in [0.1, 0.15) is 0 Å². The van der Waals surface area contributed by atoms with Gasteiger partial charge in [0.05, 0.1) is 29.3 Å². The number of aromatic nitrogens is 2. The first-order valence-corrected chi connectivity index (χ1v) is 11.6. The van der Waals surface area contributed by atoms with Crippen LogP contribution < -0.4 is 10.9 Å². The van der Waals surface area contributed by atoms with Crippen molar-refractivity contribution in [2.45, 2.75) is 69.3 Å². The number of hydrogen-bond acceptors (Lipinski definition) is 5. The molecule has 4 rings (SSSR count). The van der Waals surface area contributed by atoms with Crippen molar-refractivity contribution in [3.63, 3.8) is 0 Å². The maximum Gasteiger partial charge on any atom is 0.262 e. The molecule has 6 nitrogen and oxygen atoms in total. The molecule has 1 aliphatic heterocycles. The lowest BCUT2D eigenvalue weighted by atomic mass is 9.86. The molecule has 2 aromatic rings. The molecule has 1 aliphatic carbocycles. The zero-order chi connectivity index (χ0) is 20.2. The highest BCUT2D eigenvalue weighted by Gasteiger charge is 2.24. The zero-order valence-corrected chi connectivity index (χ0v) is 17.7. The van der Waals surface area contributed by atoms with Crippen molar-refractivity contribution in [2.24, 2.45) is 5.92 Å². The van der Waals surface area contributed by atoms with Crippen molar-refractivity contribution in [3.05, 3.63) is 34.6 Å². The van der Waals surface area contributed by atoms with E-state index >= 15 is 0 Å². The maximum absolute atomic E-state index is 13.1. The Morgan fingerprint density at radius 1 is 1.24 bits per heavy atom. The van der Waals surface area contributed by atoms with Gasteiger partial charge < -0.3 is 10.1 Å². The van der Waals surface area contributed by atoms with E-state index < -0.39 is 0 Å². The van der Waals surface area contributed by atoms with Gasteiger partial charge in [0.2, 0.25) is 5.91 Å². The molecule has 1 aromatic carbocycles. The van der Waals surface area contributed by atoms with Crippen LogP contribution in [0.1, 0.15) is 45.4 Å². The van der Waals surface area contributed by atoms with E-state index in [2.05, 4.69) is 12.2 Å². The number of benzene rings is 1. The van der Waals surface area contributed by atoms with Gasteiger partial charge in [-0.05, 0) is 43.7 Å². The van der Waals surface area contributed by atoms with Crippen LogP contribution in [0.4, 0.5) is 0 Å².